The lowest BCUT2D eigenvalue weighted by Gasteiger charge is -2.17. The van der Waals surface area contributed by atoms with E-state index in [9.17, 15) is 19.2 Å². The van der Waals surface area contributed by atoms with E-state index in [1.165, 1.54) is 6.92 Å². The average molecular weight is 425 g/mol. The van der Waals surface area contributed by atoms with Gasteiger partial charge < -0.3 is 20.7 Å². The van der Waals surface area contributed by atoms with Crippen molar-refractivity contribution in [3.63, 3.8) is 0 Å². The van der Waals surface area contributed by atoms with Gasteiger partial charge in [-0.1, -0.05) is 42.5 Å². The molecule has 0 spiro atoms. The molecule has 3 amide bonds. The molecule has 31 heavy (non-hydrogen) atoms. The first kappa shape index (κ1) is 23.6. The van der Waals surface area contributed by atoms with Gasteiger partial charge in [0.05, 0.1) is 19.0 Å². The molecule has 1 atom stereocenters. The Kier molecular flexibility index (Phi) is 8.75. The monoisotopic (exact) mass is 425 g/mol. The van der Waals surface area contributed by atoms with Crippen molar-refractivity contribution in [3.8, 4) is 0 Å². The minimum Gasteiger partial charge on any atom is -0.456 e. The van der Waals surface area contributed by atoms with E-state index in [4.69, 9.17) is 4.74 Å². The van der Waals surface area contributed by atoms with E-state index in [0.29, 0.717) is 5.69 Å². The highest BCUT2D eigenvalue weighted by molar-refractivity contribution is 5.95. The molecule has 0 bridgehead atoms. The summed E-state index contributed by atoms with van der Waals surface area (Å²) in [6, 6.07) is 14.0. The second-order valence-electron chi connectivity index (χ2n) is 7.10. The van der Waals surface area contributed by atoms with Crippen LogP contribution < -0.4 is 16.0 Å². The molecule has 2 rings (SSSR count). The largest absolute Gasteiger partial charge is 0.456 e. The Bertz CT molecular complexity index is 943. The lowest BCUT2D eigenvalue weighted by atomic mass is 10.0. The van der Waals surface area contributed by atoms with Crippen molar-refractivity contribution in [2.45, 2.75) is 33.2 Å². The molecule has 2 aromatic rings. The number of hydrogen-bond donors (Lipinski definition) is 3. The highest BCUT2D eigenvalue weighted by Crippen LogP contribution is 2.18. The number of rotatable bonds is 9. The Hall–Kier alpha value is -3.68. The zero-order valence-corrected chi connectivity index (χ0v) is 17.9. The number of amides is 3. The third kappa shape index (κ3) is 7.93. The summed E-state index contributed by atoms with van der Waals surface area (Å²) < 4.78 is 4.99. The minimum absolute atomic E-state index is 0.121. The van der Waals surface area contributed by atoms with Crippen LogP contribution in [0.25, 0.3) is 0 Å². The van der Waals surface area contributed by atoms with Gasteiger partial charge in [0, 0.05) is 12.6 Å². The molecule has 0 saturated carbocycles. The summed E-state index contributed by atoms with van der Waals surface area (Å²) in [5.41, 5.74) is 3.42. The maximum absolute atomic E-state index is 12.1. The quantitative estimate of drug-likeness (QED) is 0.533. The first-order valence-corrected chi connectivity index (χ1v) is 9.86. The number of esters is 1. The second kappa shape index (κ2) is 11.5. The van der Waals surface area contributed by atoms with Crippen LogP contribution in [-0.4, -0.2) is 36.8 Å². The highest BCUT2D eigenvalue weighted by atomic mass is 16.5. The van der Waals surface area contributed by atoms with Gasteiger partial charge in [0.1, 0.15) is 0 Å². The van der Waals surface area contributed by atoms with Gasteiger partial charge in [0.25, 0.3) is 5.91 Å². The van der Waals surface area contributed by atoms with E-state index in [1.807, 2.05) is 32.0 Å². The van der Waals surface area contributed by atoms with Crippen LogP contribution in [0.5, 0.6) is 0 Å². The van der Waals surface area contributed by atoms with Crippen molar-refractivity contribution in [1.29, 1.82) is 0 Å². The molecule has 0 fully saturated rings. The van der Waals surface area contributed by atoms with Gasteiger partial charge >= 0.3 is 5.97 Å². The van der Waals surface area contributed by atoms with Gasteiger partial charge in [-0.2, -0.15) is 0 Å². The summed E-state index contributed by atoms with van der Waals surface area (Å²) in [6.07, 6.45) is -0.121. The number of carbonyl (C=O) groups excluding carboxylic acids is 4. The Balaban J connectivity index is 1.78. The molecule has 2 aromatic carbocycles. The number of nitrogens with one attached hydrogen (secondary N) is 3. The molecule has 0 aliphatic rings. The molecule has 0 heterocycles. The fraction of sp³-hybridized carbons (Fsp3) is 0.304. The summed E-state index contributed by atoms with van der Waals surface area (Å²) >= 11 is 0. The summed E-state index contributed by atoms with van der Waals surface area (Å²) in [7, 11) is 0. The predicted molar refractivity (Wildman–Crippen MR) is 116 cm³/mol. The van der Waals surface area contributed by atoms with Crippen LogP contribution in [0, 0.1) is 13.8 Å². The first-order valence-electron chi connectivity index (χ1n) is 9.86. The lowest BCUT2D eigenvalue weighted by Crippen LogP contribution is -2.36. The van der Waals surface area contributed by atoms with Gasteiger partial charge in [-0.25, -0.2) is 0 Å². The molecule has 0 radical (unpaired) electrons. The molecule has 8 nitrogen and oxygen atoms in total. The number of anilines is 1. The lowest BCUT2D eigenvalue weighted by molar-refractivity contribution is -0.149. The number of benzene rings is 2. The molecule has 0 unspecified atom stereocenters. The molecule has 0 aliphatic heterocycles. The molecule has 3 N–H and O–H groups in total. The highest BCUT2D eigenvalue weighted by Gasteiger charge is 2.19. The third-order valence-corrected chi connectivity index (χ3v) is 4.64. The van der Waals surface area contributed by atoms with Crippen LogP contribution in [0.4, 0.5) is 5.69 Å². The average Bonchev–Trinajstić information content (AvgIpc) is 2.74. The molecule has 0 saturated heterocycles. The molecule has 164 valence electrons. The van der Waals surface area contributed by atoms with Gasteiger partial charge in [-0.3, -0.25) is 19.2 Å². The van der Waals surface area contributed by atoms with Crippen LogP contribution in [0.2, 0.25) is 0 Å². The van der Waals surface area contributed by atoms with Gasteiger partial charge in [-0.15, -0.1) is 0 Å². The van der Waals surface area contributed by atoms with Crippen molar-refractivity contribution in [2.24, 2.45) is 0 Å². The normalized spacial score (nSPS) is 11.2. The topological polar surface area (TPSA) is 114 Å². The number of ether oxygens (including phenoxy) is 1. The van der Waals surface area contributed by atoms with Crippen LogP contribution in [0.1, 0.15) is 36.1 Å². The fourth-order valence-electron chi connectivity index (χ4n) is 2.87. The number of hydrogen-bond acceptors (Lipinski definition) is 5. The van der Waals surface area contributed by atoms with Crippen molar-refractivity contribution >= 4 is 29.4 Å². The van der Waals surface area contributed by atoms with Crippen LogP contribution >= 0.6 is 0 Å². The third-order valence-electron chi connectivity index (χ3n) is 4.64. The molecule has 0 aromatic heterocycles. The van der Waals surface area contributed by atoms with Crippen LogP contribution in [0.15, 0.2) is 48.5 Å². The number of aryl methyl sites for hydroxylation is 1. The Labute approximate surface area is 181 Å². The Morgan fingerprint density at radius 2 is 1.65 bits per heavy atom. The summed E-state index contributed by atoms with van der Waals surface area (Å²) in [5, 5.41) is 7.84. The standard InChI is InChI=1S/C23H27N3O5/c1-15-8-7-11-19(16(15)2)26-21(28)13-24-22(29)14-31-23(30)12-20(25-17(3)27)18-9-5-4-6-10-18/h4-11,20H,12-14H2,1-3H3,(H,24,29)(H,25,27)(H,26,28)/t20-/m1/s1. The van der Waals surface area contributed by atoms with Gasteiger partial charge in [0.2, 0.25) is 11.8 Å². The predicted octanol–water partition coefficient (Wildman–Crippen LogP) is 2.17. The van der Waals surface area contributed by atoms with Crippen molar-refractivity contribution in [3.05, 3.63) is 65.2 Å². The fourth-order valence-corrected chi connectivity index (χ4v) is 2.87. The Morgan fingerprint density at radius 3 is 2.32 bits per heavy atom. The smallest absolute Gasteiger partial charge is 0.308 e. The molecule has 0 aliphatic carbocycles. The maximum Gasteiger partial charge on any atom is 0.308 e. The van der Waals surface area contributed by atoms with E-state index in [2.05, 4.69) is 16.0 Å². The van der Waals surface area contributed by atoms with E-state index in [-0.39, 0.29) is 24.8 Å². The molecule has 8 heteroatoms. The zero-order valence-electron chi connectivity index (χ0n) is 17.9. The van der Waals surface area contributed by atoms with E-state index in [1.54, 1.807) is 30.3 Å². The SMILES string of the molecule is CC(=O)N[C@H](CC(=O)OCC(=O)NCC(=O)Nc1cccc(C)c1C)c1ccccc1. The minimum atomic E-state index is -0.641. The van der Waals surface area contributed by atoms with E-state index < -0.39 is 24.5 Å². The van der Waals surface area contributed by atoms with Crippen LogP contribution in [0.3, 0.4) is 0 Å². The zero-order chi connectivity index (χ0) is 22.8. The van der Waals surface area contributed by atoms with Gasteiger partial charge in [0.15, 0.2) is 6.61 Å². The van der Waals surface area contributed by atoms with Crippen molar-refractivity contribution in [2.75, 3.05) is 18.5 Å². The maximum atomic E-state index is 12.1. The van der Waals surface area contributed by atoms with E-state index in [0.717, 1.165) is 16.7 Å². The Morgan fingerprint density at radius 1 is 0.935 bits per heavy atom. The van der Waals surface area contributed by atoms with Crippen molar-refractivity contribution < 1.29 is 23.9 Å². The van der Waals surface area contributed by atoms with Crippen molar-refractivity contribution in [1.82, 2.24) is 10.6 Å². The van der Waals surface area contributed by atoms with Crippen LogP contribution in [-0.2, 0) is 23.9 Å². The second-order valence-corrected chi connectivity index (χ2v) is 7.10. The van der Waals surface area contributed by atoms with Gasteiger partial charge in [-0.05, 0) is 36.6 Å². The summed E-state index contributed by atoms with van der Waals surface area (Å²) in [4.78, 5) is 47.5. The summed E-state index contributed by atoms with van der Waals surface area (Å²) in [6.45, 7) is 4.43. The molecular weight excluding hydrogens is 398 g/mol. The summed E-state index contributed by atoms with van der Waals surface area (Å²) in [5.74, 6) is -1.91. The first-order chi connectivity index (χ1) is 14.8. The van der Waals surface area contributed by atoms with E-state index >= 15 is 0 Å². The number of carbonyl (C=O) groups is 4. The molecular formula is C23H27N3O5.